The summed E-state index contributed by atoms with van der Waals surface area (Å²) in [4.78, 5) is 4.36. The van der Waals surface area contributed by atoms with Crippen LogP contribution in [0.15, 0.2) is 10.7 Å². The highest BCUT2D eigenvalue weighted by molar-refractivity contribution is 5.03. The van der Waals surface area contributed by atoms with E-state index in [-0.39, 0.29) is 6.04 Å². The second-order valence-corrected chi connectivity index (χ2v) is 5.06. The van der Waals surface area contributed by atoms with Gasteiger partial charge in [0, 0.05) is 5.92 Å². The monoisotopic (exact) mass is 262 g/mol. The first-order valence-electron chi connectivity index (χ1n) is 6.74. The molecule has 19 heavy (non-hydrogen) atoms. The Morgan fingerprint density at radius 2 is 2.37 bits per heavy atom. The molecular formula is C12H18N6O. The highest BCUT2D eigenvalue weighted by atomic mass is 16.5. The van der Waals surface area contributed by atoms with Gasteiger partial charge in [0.15, 0.2) is 5.82 Å². The first-order valence-corrected chi connectivity index (χ1v) is 6.74. The molecule has 1 atom stereocenters. The van der Waals surface area contributed by atoms with Crippen LogP contribution in [0, 0.1) is 0 Å². The van der Waals surface area contributed by atoms with Crippen molar-refractivity contribution in [1.82, 2.24) is 25.1 Å². The van der Waals surface area contributed by atoms with Gasteiger partial charge >= 0.3 is 0 Å². The van der Waals surface area contributed by atoms with Crippen LogP contribution in [0.2, 0.25) is 0 Å². The SMILES string of the molecule is CCCC(N)c1cn(Cc2noc(C3CC3)n2)nn1. The number of rotatable bonds is 6. The van der Waals surface area contributed by atoms with E-state index in [9.17, 15) is 0 Å². The molecule has 102 valence electrons. The van der Waals surface area contributed by atoms with Crippen molar-refractivity contribution < 1.29 is 4.52 Å². The molecule has 7 heteroatoms. The van der Waals surface area contributed by atoms with Crippen molar-refractivity contribution in [2.45, 2.75) is 51.1 Å². The van der Waals surface area contributed by atoms with Crippen molar-refractivity contribution in [3.63, 3.8) is 0 Å². The van der Waals surface area contributed by atoms with E-state index in [1.165, 1.54) is 0 Å². The summed E-state index contributed by atoms with van der Waals surface area (Å²) in [6.07, 6.45) is 6.10. The fourth-order valence-corrected chi connectivity index (χ4v) is 1.99. The molecule has 2 aromatic heterocycles. The van der Waals surface area contributed by atoms with Gasteiger partial charge in [0.2, 0.25) is 5.89 Å². The van der Waals surface area contributed by atoms with Crippen LogP contribution in [0.5, 0.6) is 0 Å². The molecule has 0 radical (unpaired) electrons. The maximum absolute atomic E-state index is 6.00. The summed E-state index contributed by atoms with van der Waals surface area (Å²) in [5.74, 6) is 1.87. The van der Waals surface area contributed by atoms with E-state index in [4.69, 9.17) is 10.3 Å². The van der Waals surface area contributed by atoms with Crippen LogP contribution in [0.1, 0.15) is 62.0 Å². The molecule has 1 unspecified atom stereocenters. The minimum absolute atomic E-state index is 0.0500. The molecule has 1 aliphatic carbocycles. The lowest BCUT2D eigenvalue weighted by Gasteiger charge is -2.04. The quantitative estimate of drug-likeness (QED) is 0.845. The maximum atomic E-state index is 6.00. The van der Waals surface area contributed by atoms with Crippen molar-refractivity contribution in [3.05, 3.63) is 23.6 Å². The van der Waals surface area contributed by atoms with E-state index in [2.05, 4.69) is 27.4 Å². The molecule has 0 bridgehead atoms. The van der Waals surface area contributed by atoms with Crippen LogP contribution in [0.25, 0.3) is 0 Å². The molecular weight excluding hydrogens is 244 g/mol. The lowest BCUT2D eigenvalue weighted by molar-refractivity contribution is 0.372. The number of nitrogens with two attached hydrogens (primary N) is 1. The Kier molecular flexibility index (Phi) is 3.29. The zero-order valence-electron chi connectivity index (χ0n) is 11.0. The summed E-state index contributed by atoms with van der Waals surface area (Å²) in [6, 6.07) is -0.0500. The van der Waals surface area contributed by atoms with Crippen molar-refractivity contribution >= 4 is 0 Å². The van der Waals surface area contributed by atoms with Crippen molar-refractivity contribution in [2.24, 2.45) is 5.73 Å². The van der Waals surface area contributed by atoms with Crippen molar-refractivity contribution in [2.75, 3.05) is 0 Å². The van der Waals surface area contributed by atoms with Crippen LogP contribution in [-0.2, 0) is 6.54 Å². The molecule has 1 saturated carbocycles. The number of aromatic nitrogens is 5. The number of hydrogen-bond donors (Lipinski definition) is 1. The molecule has 2 N–H and O–H groups in total. The van der Waals surface area contributed by atoms with Gasteiger partial charge in [-0.1, -0.05) is 23.7 Å². The van der Waals surface area contributed by atoms with Gasteiger partial charge in [-0.05, 0) is 19.3 Å². The van der Waals surface area contributed by atoms with E-state index >= 15 is 0 Å². The molecule has 2 heterocycles. The first kappa shape index (κ1) is 12.3. The molecule has 0 spiro atoms. The van der Waals surface area contributed by atoms with Gasteiger partial charge in [-0.15, -0.1) is 5.10 Å². The van der Waals surface area contributed by atoms with Gasteiger partial charge in [0.25, 0.3) is 0 Å². The Hall–Kier alpha value is -1.76. The van der Waals surface area contributed by atoms with E-state index in [1.807, 2.05) is 6.20 Å². The molecule has 2 aromatic rings. The van der Waals surface area contributed by atoms with Gasteiger partial charge < -0.3 is 10.3 Å². The van der Waals surface area contributed by atoms with E-state index < -0.39 is 0 Å². The highest BCUT2D eigenvalue weighted by Crippen LogP contribution is 2.38. The Labute approximate surface area is 111 Å². The topological polar surface area (TPSA) is 95.7 Å². The van der Waals surface area contributed by atoms with Gasteiger partial charge in [-0.2, -0.15) is 4.98 Å². The van der Waals surface area contributed by atoms with E-state index in [1.54, 1.807) is 4.68 Å². The second-order valence-electron chi connectivity index (χ2n) is 5.06. The lowest BCUT2D eigenvalue weighted by Crippen LogP contribution is -2.10. The molecule has 0 amide bonds. The Bertz CT molecular complexity index is 544. The van der Waals surface area contributed by atoms with E-state index in [0.29, 0.717) is 18.3 Å². The van der Waals surface area contributed by atoms with Gasteiger partial charge in [-0.3, -0.25) is 0 Å². The molecule has 1 fully saturated rings. The summed E-state index contributed by atoms with van der Waals surface area (Å²) >= 11 is 0. The van der Waals surface area contributed by atoms with Crippen LogP contribution in [-0.4, -0.2) is 25.1 Å². The molecule has 0 aliphatic heterocycles. The minimum atomic E-state index is -0.0500. The highest BCUT2D eigenvalue weighted by Gasteiger charge is 2.29. The summed E-state index contributed by atoms with van der Waals surface area (Å²) in [5.41, 5.74) is 6.81. The molecule has 7 nitrogen and oxygen atoms in total. The van der Waals surface area contributed by atoms with E-state index in [0.717, 1.165) is 37.3 Å². The minimum Gasteiger partial charge on any atom is -0.339 e. The second kappa shape index (κ2) is 5.08. The smallest absolute Gasteiger partial charge is 0.229 e. The third-order valence-corrected chi connectivity index (χ3v) is 3.25. The lowest BCUT2D eigenvalue weighted by atomic mass is 10.1. The summed E-state index contributed by atoms with van der Waals surface area (Å²) < 4.78 is 6.91. The van der Waals surface area contributed by atoms with Gasteiger partial charge in [-0.25, -0.2) is 4.68 Å². The molecule has 1 aliphatic rings. The molecule has 0 saturated heterocycles. The normalized spacial score (nSPS) is 16.7. The van der Waals surface area contributed by atoms with Crippen LogP contribution in [0.4, 0.5) is 0 Å². The summed E-state index contributed by atoms with van der Waals surface area (Å²) in [5, 5.41) is 12.1. The van der Waals surface area contributed by atoms with Crippen LogP contribution < -0.4 is 5.73 Å². The fraction of sp³-hybridized carbons (Fsp3) is 0.667. The van der Waals surface area contributed by atoms with Gasteiger partial charge in [0.1, 0.15) is 6.54 Å². The third-order valence-electron chi connectivity index (χ3n) is 3.25. The standard InChI is InChI=1S/C12H18N6O/c1-2-3-9(13)10-6-18(17-15-10)7-11-14-12(19-16-11)8-4-5-8/h6,8-9H,2-5,7,13H2,1H3. The average molecular weight is 262 g/mol. The van der Waals surface area contributed by atoms with Crippen molar-refractivity contribution in [1.29, 1.82) is 0 Å². The summed E-state index contributed by atoms with van der Waals surface area (Å²) in [7, 11) is 0. The Morgan fingerprint density at radius 1 is 1.53 bits per heavy atom. The Balaban J connectivity index is 1.65. The van der Waals surface area contributed by atoms with Crippen molar-refractivity contribution in [3.8, 4) is 0 Å². The third kappa shape index (κ3) is 2.81. The zero-order chi connectivity index (χ0) is 13.2. The summed E-state index contributed by atoms with van der Waals surface area (Å²) in [6.45, 7) is 2.57. The van der Waals surface area contributed by atoms with Crippen LogP contribution in [0.3, 0.4) is 0 Å². The zero-order valence-corrected chi connectivity index (χ0v) is 11.0. The number of hydrogen-bond acceptors (Lipinski definition) is 6. The van der Waals surface area contributed by atoms with Crippen LogP contribution >= 0.6 is 0 Å². The molecule has 0 aromatic carbocycles. The predicted molar refractivity (Wildman–Crippen MR) is 67.2 cm³/mol. The first-order chi connectivity index (χ1) is 9.26. The Morgan fingerprint density at radius 3 is 3.11 bits per heavy atom. The predicted octanol–water partition coefficient (Wildman–Crippen LogP) is 1.39. The maximum Gasteiger partial charge on any atom is 0.229 e. The molecule has 3 rings (SSSR count). The largest absolute Gasteiger partial charge is 0.339 e. The van der Waals surface area contributed by atoms with Gasteiger partial charge in [0.05, 0.1) is 17.9 Å². The number of nitrogens with zero attached hydrogens (tertiary/aromatic N) is 5. The average Bonchev–Trinajstić information content (AvgIpc) is 2.97. The fourth-order valence-electron chi connectivity index (χ4n) is 1.99.